The quantitative estimate of drug-likeness (QED) is 0.423. The number of rotatable bonds is 6. The Hall–Kier alpha value is -1.49. The van der Waals surface area contributed by atoms with E-state index in [1.54, 1.807) is 7.11 Å². The minimum Gasteiger partial charge on any atom is -0.493 e. The summed E-state index contributed by atoms with van der Waals surface area (Å²) in [5.41, 5.74) is 1.50. The average molecular weight is 356 g/mol. The molecule has 3 nitrogen and oxygen atoms in total. The van der Waals surface area contributed by atoms with Gasteiger partial charge in [-0.05, 0) is 72.9 Å². The van der Waals surface area contributed by atoms with E-state index in [1.807, 2.05) is 0 Å². The molecule has 1 fully saturated rings. The van der Waals surface area contributed by atoms with E-state index < -0.39 is 0 Å². The summed E-state index contributed by atoms with van der Waals surface area (Å²) in [6.07, 6.45) is 8.48. The number of benzene rings is 2. The first kappa shape index (κ1) is 17.0. The fraction of sp³-hybridized carbons (Fsp3) is 0.429. The van der Waals surface area contributed by atoms with E-state index in [4.69, 9.17) is 8.92 Å². The van der Waals surface area contributed by atoms with Crippen molar-refractivity contribution in [1.82, 2.24) is 4.90 Å². The minimum absolute atomic E-state index is 0.0870. The van der Waals surface area contributed by atoms with Crippen LogP contribution in [0.4, 0.5) is 0 Å². The molecule has 25 heavy (non-hydrogen) atoms. The van der Waals surface area contributed by atoms with E-state index >= 15 is 0 Å². The van der Waals surface area contributed by atoms with Crippen LogP contribution in [-0.2, 0) is 9.72 Å². The molecule has 2 aromatic carbocycles. The summed E-state index contributed by atoms with van der Waals surface area (Å²) >= 11 is 1.42. The molecule has 1 saturated heterocycles. The predicted molar refractivity (Wildman–Crippen MR) is 105 cm³/mol. The molecule has 0 spiro atoms. The van der Waals surface area contributed by atoms with E-state index in [0.717, 1.165) is 11.5 Å². The molecule has 2 aliphatic heterocycles. The van der Waals surface area contributed by atoms with E-state index in [0.29, 0.717) is 12.6 Å². The highest BCUT2D eigenvalue weighted by Crippen LogP contribution is 2.46. The second kappa shape index (κ2) is 7.02. The lowest BCUT2D eigenvalue weighted by Crippen LogP contribution is -2.42. The Morgan fingerprint density at radius 3 is 2.92 bits per heavy atom. The molecule has 132 valence electrons. The van der Waals surface area contributed by atoms with Crippen molar-refractivity contribution in [3.05, 3.63) is 54.1 Å². The molecule has 2 unspecified atom stereocenters. The molecule has 4 rings (SSSR count). The lowest BCUT2D eigenvalue weighted by molar-refractivity contribution is 0.168. The Morgan fingerprint density at radius 2 is 2.04 bits per heavy atom. The summed E-state index contributed by atoms with van der Waals surface area (Å²) in [5, 5.41) is 2.51. The van der Waals surface area contributed by atoms with Crippen LogP contribution in [-0.4, -0.2) is 37.5 Å². The van der Waals surface area contributed by atoms with Gasteiger partial charge in [-0.3, -0.25) is 4.90 Å². The van der Waals surface area contributed by atoms with Crippen LogP contribution in [0.2, 0.25) is 0 Å². The summed E-state index contributed by atoms with van der Waals surface area (Å²) in [4.78, 5) is 2.57. The Morgan fingerprint density at radius 1 is 1.20 bits per heavy atom. The van der Waals surface area contributed by atoms with Gasteiger partial charge < -0.3 is 8.92 Å². The van der Waals surface area contributed by atoms with Gasteiger partial charge in [-0.1, -0.05) is 30.4 Å². The van der Waals surface area contributed by atoms with Gasteiger partial charge in [-0.15, -0.1) is 0 Å². The third-order valence-electron chi connectivity index (χ3n) is 5.70. The highest BCUT2D eigenvalue weighted by Gasteiger charge is 2.45. The molecule has 2 atom stereocenters. The summed E-state index contributed by atoms with van der Waals surface area (Å²) < 4.78 is 10.8. The molecule has 2 heterocycles. The third kappa shape index (κ3) is 3.07. The highest BCUT2D eigenvalue weighted by atomic mass is 32.2. The lowest BCUT2D eigenvalue weighted by atomic mass is 9.85. The van der Waals surface area contributed by atoms with Crippen LogP contribution in [0.3, 0.4) is 0 Å². The summed E-state index contributed by atoms with van der Waals surface area (Å²) in [6, 6.07) is 14.0. The van der Waals surface area contributed by atoms with Gasteiger partial charge in [0.15, 0.2) is 0 Å². The van der Waals surface area contributed by atoms with Gasteiger partial charge in [0.05, 0.1) is 25.0 Å². The fourth-order valence-corrected chi connectivity index (χ4v) is 4.60. The van der Waals surface area contributed by atoms with Crippen molar-refractivity contribution < 1.29 is 8.92 Å². The Bertz CT molecular complexity index is 791. The number of hydrogen-bond donors (Lipinski definition) is 0. The van der Waals surface area contributed by atoms with Crippen LogP contribution < -0.4 is 4.74 Å². The smallest absolute Gasteiger partial charge is 0.119 e. The number of hydrogen-bond acceptors (Lipinski definition) is 4. The van der Waals surface area contributed by atoms with Crippen LogP contribution in [0, 0.1) is 0 Å². The van der Waals surface area contributed by atoms with Crippen molar-refractivity contribution in [2.75, 3.05) is 26.5 Å². The standard InChI is InChI=1S/C21H25NO2S/c1-22-19-4-3-10-21(22,11-9-19)18-7-5-17-15-20(8-6-16(17)14-18)24-12-13-25-23-2/h3,5-8,10,14-15,19H,4,9,11-13H2,1-2H3. The van der Waals surface area contributed by atoms with Gasteiger partial charge in [0.25, 0.3) is 0 Å². The predicted octanol–water partition coefficient (Wildman–Crippen LogP) is 4.76. The molecule has 0 amide bonds. The van der Waals surface area contributed by atoms with Crippen LogP contribution in [0.15, 0.2) is 48.6 Å². The zero-order valence-corrected chi connectivity index (χ0v) is 15.7. The van der Waals surface area contributed by atoms with E-state index in [9.17, 15) is 0 Å². The maximum Gasteiger partial charge on any atom is 0.119 e. The lowest BCUT2D eigenvalue weighted by Gasteiger charge is -2.39. The van der Waals surface area contributed by atoms with Crippen LogP contribution >= 0.6 is 12.0 Å². The first-order valence-corrected chi connectivity index (χ1v) is 9.87. The summed E-state index contributed by atoms with van der Waals surface area (Å²) in [5.74, 6) is 1.75. The normalized spacial score (nSPS) is 25.6. The van der Waals surface area contributed by atoms with Crippen molar-refractivity contribution in [2.24, 2.45) is 0 Å². The van der Waals surface area contributed by atoms with E-state index in [2.05, 4.69) is 60.5 Å². The van der Waals surface area contributed by atoms with Gasteiger partial charge in [0.2, 0.25) is 0 Å². The molecule has 2 aromatic rings. The molecule has 2 bridgehead atoms. The average Bonchev–Trinajstić information content (AvgIpc) is 2.83. The SMILES string of the molecule is COSCCOc1ccc2cc(C34C=CCC(CC3)N4C)ccc2c1. The zero-order valence-electron chi connectivity index (χ0n) is 14.9. The monoisotopic (exact) mass is 355 g/mol. The Kier molecular flexibility index (Phi) is 4.76. The van der Waals surface area contributed by atoms with Crippen molar-refractivity contribution in [1.29, 1.82) is 0 Å². The van der Waals surface area contributed by atoms with Gasteiger partial charge in [-0.25, -0.2) is 0 Å². The zero-order chi connectivity index (χ0) is 17.3. The van der Waals surface area contributed by atoms with Crippen molar-refractivity contribution in [3.63, 3.8) is 0 Å². The molecule has 0 saturated carbocycles. The van der Waals surface area contributed by atoms with Gasteiger partial charge in [-0.2, -0.15) is 0 Å². The topological polar surface area (TPSA) is 21.7 Å². The summed E-state index contributed by atoms with van der Waals surface area (Å²) in [6.45, 7) is 0.655. The molecule has 4 heteroatoms. The largest absolute Gasteiger partial charge is 0.493 e. The fourth-order valence-electron chi connectivity index (χ4n) is 4.28. The van der Waals surface area contributed by atoms with Crippen molar-refractivity contribution in [3.8, 4) is 5.75 Å². The highest BCUT2D eigenvalue weighted by molar-refractivity contribution is 7.94. The van der Waals surface area contributed by atoms with Crippen molar-refractivity contribution in [2.45, 2.75) is 30.8 Å². The van der Waals surface area contributed by atoms with E-state index in [-0.39, 0.29) is 5.54 Å². The molecular weight excluding hydrogens is 330 g/mol. The molecular formula is C21H25NO2S. The number of nitrogens with zero attached hydrogens (tertiary/aromatic N) is 1. The first-order valence-electron chi connectivity index (χ1n) is 8.96. The maximum atomic E-state index is 5.81. The molecule has 2 aliphatic rings. The number of ether oxygens (including phenoxy) is 1. The Labute approximate surface area is 154 Å². The third-order valence-corrected chi connectivity index (χ3v) is 6.27. The summed E-state index contributed by atoms with van der Waals surface area (Å²) in [7, 11) is 3.96. The van der Waals surface area contributed by atoms with Crippen LogP contribution in [0.1, 0.15) is 24.8 Å². The number of likely N-dealkylation sites (N-methyl/N-ethyl adjacent to an activating group) is 1. The first-order chi connectivity index (χ1) is 12.2. The van der Waals surface area contributed by atoms with Gasteiger partial charge >= 0.3 is 0 Å². The Balaban J connectivity index is 1.59. The minimum atomic E-state index is 0.0870. The van der Waals surface area contributed by atoms with Crippen LogP contribution in [0.25, 0.3) is 10.8 Å². The second-order valence-corrected chi connectivity index (χ2v) is 7.90. The number of fused-ring (bicyclic) bond motifs is 3. The van der Waals surface area contributed by atoms with Gasteiger partial charge in [0, 0.05) is 6.04 Å². The maximum absolute atomic E-state index is 5.81. The molecule has 0 radical (unpaired) electrons. The van der Waals surface area contributed by atoms with E-state index in [1.165, 1.54) is 47.6 Å². The molecule has 0 aliphatic carbocycles. The second-order valence-electron chi connectivity index (χ2n) is 6.93. The van der Waals surface area contributed by atoms with Gasteiger partial charge in [0.1, 0.15) is 5.75 Å². The molecule has 0 N–H and O–H groups in total. The van der Waals surface area contributed by atoms with Crippen LogP contribution in [0.5, 0.6) is 5.75 Å². The molecule has 0 aromatic heterocycles. The van der Waals surface area contributed by atoms with Crippen molar-refractivity contribution >= 4 is 22.8 Å².